The molecule has 8 heteroatoms. The van der Waals surface area contributed by atoms with Crippen LogP contribution in [0, 0.1) is 5.92 Å². The SMILES string of the molecule is COc1cc(/C=C/C(=O)O[C@H](C)C(=O)NC(N)=O)ccc1OCC(C)C. The van der Waals surface area contributed by atoms with Crippen LogP contribution in [0.1, 0.15) is 26.3 Å². The Hall–Kier alpha value is -3.03. The van der Waals surface area contributed by atoms with Crippen molar-refractivity contribution in [1.29, 1.82) is 0 Å². The Balaban J connectivity index is 2.70. The van der Waals surface area contributed by atoms with Gasteiger partial charge < -0.3 is 19.9 Å². The van der Waals surface area contributed by atoms with Crippen LogP contribution < -0.4 is 20.5 Å². The van der Waals surface area contributed by atoms with Gasteiger partial charge >= 0.3 is 12.0 Å². The molecule has 1 aromatic rings. The van der Waals surface area contributed by atoms with Gasteiger partial charge in [-0.1, -0.05) is 19.9 Å². The number of benzene rings is 1. The van der Waals surface area contributed by atoms with Gasteiger partial charge in [0.2, 0.25) is 0 Å². The number of ether oxygens (including phenoxy) is 3. The molecule has 3 N–H and O–H groups in total. The first-order chi connectivity index (χ1) is 12.2. The minimum atomic E-state index is -1.15. The first-order valence-electron chi connectivity index (χ1n) is 8.02. The van der Waals surface area contributed by atoms with Gasteiger partial charge in [0, 0.05) is 6.08 Å². The number of esters is 1. The van der Waals surface area contributed by atoms with Gasteiger partial charge in [-0.05, 0) is 36.6 Å². The number of carbonyl (C=O) groups is 3. The largest absolute Gasteiger partial charge is 0.493 e. The van der Waals surface area contributed by atoms with Crippen LogP contribution in [-0.2, 0) is 14.3 Å². The van der Waals surface area contributed by atoms with Crippen LogP contribution in [0.5, 0.6) is 11.5 Å². The van der Waals surface area contributed by atoms with Crippen LogP contribution in [0.25, 0.3) is 6.08 Å². The summed E-state index contributed by atoms with van der Waals surface area (Å²) in [4.78, 5) is 33.8. The number of nitrogens with one attached hydrogen (secondary N) is 1. The van der Waals surface area contributed by atoms with E-state index in [9.17, 15) is 14.4 Å². The molecule has 0 saturated heterocycles. The molecule has 0 saturated carbocycles. The zero-order valence-electron chi connectivity index (χ0n) is 15.3. The molecule has 26 heavy (non-hydrogen) atoms. The summed E-state index contributed by atoms with van der Waals surface area (Å²) in [5.74, 6) is -0.0142. The van der Waals surface area contributed by atoms with Crippen molar-refractivity contribution in [2.24, 2.45) is 11.7 Å². The highest BCUT2D eigenvalue weighted by molar-refractivity contribution is 5.97. The van der Waals surface area contributed by atoms with E-state index >= 15 is 0 Å². The molecule has 0 unspecified atom stereocenters. The van der Waals surface area contributed by atoms with Gasteiger partial charge in [-0.2, -0.15) is 0 Å². The molecule has 142 valence electrons. The Morgan fingerprint density at radius 2 is 1.88 bits per heavy atom. The van der Waals surface area contributed by atoms with Crippen molar-refractivity contribution in [2.45, 2.75) is 26.9 Å². The Morgan fingerprint density at radius 3 is 2.46 bits per heavy atom. The van der Waals surface area contributed by atoms with Gasteiger partial charge in [0.25, 0.3) is 5.91 Å². The van der Waals surface area contributed by atoms with Crippen LogP contribution in [0.15, 0.2) is 24.3 Å². The van der Waals surface area contributed by atoms with Crippen molar-refractivity contribution in [3.8, 4) is 11.5 Å². The maximum atomic E-state index is 11.8. The molecule has 0 heterocycles. The van der Waals surface area contributed by atoms with Gasteiger partial charge in [-0.25, -0.2) is 9.59 Å². The van der Waals surface area contributed by atoms with Crippen molar-refractivity contribution in [3.63, 3.8) is 0 Å². The van der Waals surface area contributed by atoms with Gasteiger partial charge in [-0.15, -0.1) is 0 Å². The number of hydrogen-bond acceptors (Lipinski definition) is 6. The Morgan fingerprint density at radius 1 is 1.19 bits per heavy atom. The van der Waals surface area contributed by atoms with Crippen molar-refractivity contribution in [3.05, 3.63) is 29.8 Å². The molecule has 0 aliphatic rings. The molecule has 0 aliphatic heterocycles. The molecule has 8 nitrogen and oxygen atoms in total. The van der Waals surface area contributed by atoms with E-state index in [0.29, 0.717) is 29.6 Å². The lowest BCUT2D eigenvalue weighted by molar-refractivity contribution is -0.149. The smallest absolute Gasteiger partial charge is 0.331 e. The summed E-state index contributed by atoms with van der Waals surface area (Å²) < 4.78 is 15.8. The molecule has 0 fully saturated rings. The fraction of sp³-hybridized carbons (Fsp3) is 0.389. The molecular formula is C18H24N2O6. The van der Waals surface area contributed by atoms with Crippen LogP contribution in [0.4, 0.5) is 4.79 Å². The average molecular weight is 364 g/mol. The molecule has 0 spiro atoms. The summed E-state index contributed by atoms with van der Waals surface area (Å²) >= 11 is 0. The number of nitrogens with two attached hydrogens (primary N) is 1. The summed E-state index contributed by atoms with van der Waals surface area (Å²) in [6.45, 7) is 5.97. The quantitative estimate of drug-likeness (QED) is 0.537. The maximum Gasteiger partial charge on any atom is 0.331 e. The van der Waals surface area contributed by atoms with Gasteiger partial charge in [0.05, 0.1) is 13.7 Å². The first kappa shape index (κ1) is 21.0. The number of carbonyl (C=O) groups excluding carboxylic acids is 3. The number of urea groups is 1. The molecule has 1 rings (SSSR count). The minimum Gasteiger partial charge on any atom is -0.493 e. The van der Waals surface area contributed by atoms with Crippen LogP contribution in [0.3, 0.4) is 0 Å². The molecule has 0 radical (unpaired) electrons. The highest BCUT2D eigenvalue weighted by Gasteiger charge is 2.17. The van der Waals surface area contributed by atoms with E-state index in [1.165, 1.54) is 20.1 Å². The summed E-state index contributed by atoms with van der Waals surface area (Å²) in [5.41, 5.74) is 5.51. The second kappa shape index (κ2) is 10.1. The zero-order chi connectivity index (χ0) is 19.7. The Bertz CT molecular complexity index is 684. The second-order valence-corrected chi connectivity index (χ2v) is 5.88. The number of amides is 3. The van der Waals surface area contributed by atoms with Crippen LogP contribution in [0.2, 0.25) is 0 Å². The highest BCUT2D eigenvalue weighted by Crippen LogP contribution is 2.29. The molecule has 0 aromatic heterocycles. The minimum absolute atomic E-state index is 0.378. The number of rotatable bonds is 8. The predicted molar refractivity (Wildman–Crippen MR) is 95.6 cm³/mol. The first-order valence-corrected chi connectivity index (χ1v) is 8.02. The van der Waals surface area contributed by atoms with Gasteiger partial charge in [-0.3, -0.25) is 10.1 Å². The highest BCUT2D eigenvalue weighted by atomic mass is 16.5. The lowest BCUT2D eigenvalue weighted by atomic mass is 10.2. The van der Waals surface area contributed by atoms with Gasteiger partial charge in [0.1, 0.15) is 0 Å². The summed E-state index contributed by atoms with van der Waals surface area (Å²) in [5, 5.41) is 1.83. The summed E-state index contributed by atoms with van der Waals surface area (Å²) in [6.07, 6.45) is 1.52. The van der Waals surface area contributed by atoms with Crippen LogP contribution in [-0.4, -0.2) is 37.7 Å². The fourth-order valence-electron chi connectivity index (χ4n) is 1.82. The molecule has 1 atom stereocenters. The van der Waals surface area contributed by atoms with E-state index in [1.807, 2.05) is 19.2 Å². The van der Waals surface area contributed by atoms with Crippen molar-refractivity contribution < 1.29 is 28.6 Å². The second-order valence-electron chi connectivity index (χ2n) is 5.88. The van der Waals surface area contributed by atoms with E-state index in [0.717, 1.165) is 6.08 Å². The average Bonchev–Trinajstić information content (AvgIpc) is 2.57. The monoisotopic (exact) mass is 364 g/mol. The van der Waals surface area contributed by atoms with E-state index in [4.69, 9.17) is 19.9 Å². The lowest BCUT2D eigenvalue weighted by Crippen LogP contribution is -2.42. The summed E-state index contributed by atoms with van der Waals surface area (Å²) in [7, 11) is 1.53. The zero-order valence-corrected chi connectivity index (χ0v) is 15.3. The normalized spacial score (nSPS) is 11.9. The standard InChI is InChI=1S/C18H24N2O6/c1-11(2)10-25-14-7-5-13(9-15(14)24-4)6-8-16(21)26-12(3)17(22)20-18(19)23/h5-9,11-12H,10H2,1-4H3,(H3,19,20,22,23)/b8-6+/t12-/m1/s1. The topological polar surface area (TPSA) is 117 Å². The van der Waals surface area contributed by atoms with Crippen molar-refractivity contribution >= 4 is 24.0 Å². The third kappa shape index (κ3) is 7.25. The number of hydrogen-bond donors (Lipinski definition) is 2. The number of methoxy groups -OCH3 is 1. The van der Waals surface area contributed by atoms with E-state index in [2.05, 4.69) is 0 Å². The van der Waals surface area contributed by atoms with Crippen molar-refractivity contribution in [1.82, 2.24) is 5.32 Å². The van der Waals surface area contributed by atoms with E-state index < -0.39 is 24.0 Å². The van der Waals surface area contributed by atoms with Gasteiger partial charge in [0.15, 0.2) is 17.6 Å². The number of imide groups is 1. The lowest BCUT2D eigenvalue weighted by Gasteiger charge is -2.13. The molecule has 0 aliphatic carbocycles. The van der Waals surface area contributed by atoms with E-state index in [-0.39, 0.29) is 0 Å². The third-order valence-corrected chi connectivity index (χ3v) is 3.08. The van der Waals surface area contributed by atoms with E-state index in [1.54, 1.807) is 18.2 Å². The molecule has 1 aromatic carbocycles. The Kier molecular flexibility index (Phi) is 8.14. The third-order valence-electron chi connectivity index (χ3n) is 3.08. The van der Waals surface area contributed by atoms with Crippen LogP contribution >= 0.6 is 0 Å². The summed E-state index contributed by atoms with van der Waals surface area (Å²) in [6, 6.07) is 4.20. The molecule has 3 amide bonds. The predicted octanol–water partition coefficient (Wildman–Crippen LogP) is 1.87. The number of primary amides is 1. The van der Waals surface area contributed by atoms with Crippen molar-refractivity contribution in [2.75, 3.05) is 13.7 Å². The maximum absolute atomic E-state index is 11.8. The molecule has 0 bridgehead atoms. The molecular weight excluding hydrogens is 340 g/mol. The fourth-order valence-corrected chi connectivity index (χ4v) is 1.82. The Labute approximate surface area is 152 Å².